The lowest BCUT2D eigenvalue weighted by molar-refractivity contribution is -0.137. The number of hydrogen-bond donors (Lipinski definition) is 2. The van der Waals surface area contributed by atoms with E-state index in [1.807, 2.05) is 0 Å². The van der Waals surface area contributed by atoms with Crippen LogP contribution in [0.5, 0.6) is 0 Å². The predicted octanol–water partition coefficient (Wildman–Crippen LogP) is 1.74. The number of rotatable bonds is 4. The van der Waals surface area contributed by atoms with Crippen molar-refractivity contribution in [1.29, 1.82) is 0 Å². The minimum Gasteiger partial charge on any atom is -0.394 e. The van der Waals surface area contributed by atoms with Crippen molar-refractivity contribution in [3.05, 3.63) is 35.4 Å². The maximum absolute atomic E-state index is 12.3. The monoisotopic (exact) mass is 261 g/mol. The number of nitrogens with one attached hydrogen (secondary N) is 1. The SMILES string of the molecule is CC(CO)NC(=O)Cc1ccc(C(F)(F)F)cc1. The number of amides is 1. The Morgan fingerprint density at radius 3 is 2.33 bits per heavy atom. The summed E-state index contributed by atoms with van der Waals surface area (Å²) in [6, 6.07) is 4.06. The van der Waals surface area contributed by atoms with E-state index in [1.165, 1.54) is 12.1 Å². The first-order chi connectivity index (χ1) is 8.32. The van der Waals surface area contributed by atoms with Gasteiger partial charge in [0, 0.05) is 6.04 Å². The molecule has 1 aromatic carbocycles. The Hall–Kier alpha value is -1.56. The van der Waals surface area contributed by atoms with E-state index in [1.54, 1.807) is 6.92 Å². The third-order valence-electron chi connectivity index (χ3n) is 2.33. The largest absolute Gasteiger partial charge is 0.416 e. The summed E-state index contributed by atoms with van der Waals surface area (Å²) in [6.07, 6.45) is -4.38. The second-order valence-electron chi connectivity index (χ2n) is 4.02. The van der Waals surface area contributed by atoms with E-state index in [4.69, 9.17) is 5.11 Å². The van der Waals surface area contributed by atoms with Crippen molar-refractivity contribution in [2.75, 3.05) is 6.61 Å². The van der Waals surface area contributed by atoms with E-state index in [9.17, 15) is 18.0 Å². The third kappa shape index (κ3) is 4.37. The molecule has 2 N–H and O–H groups in total. The molecule has 1 unspecified atom stereocenters. The quantitative estimate of drug-likeness (QED) is 0.867. The summed E-state index contributed by atoms with van der Waals surface area (Å²) in [5.41, 5.74) is -0.249. The van der Waals surface area contributed by atoms with Gasteiger partial charge in [-0.1, -0.05) is 12.1 Å². The Morgan fingerprint density at radius 1 is 1.33 bits per heavy atom. The number of aliphatic hydroxyl groups is 1. The van der Waals surface area contributed by atoms with Crippen molar-refractivity contribution >= 4 is 5.91 Å². The van der Waals surface area contributed by atoms with Crippen LogP contribution in [0.4, 0.5) is 13.2 Å². The minimum absolute atomic E-state index is 0.0114. The zero-order valence-corrected chi connectivity index (χ0v) is 9.79. The lowest BCUT2D eigenvalue weighted by atomic mass is 10.1. The van der Waals surface area contributed by atoms with Gasteiger partial charge in [-0.2, -0.15) is 13.2 Å². The molecule has 0 spiro atoms. The summed E-state index contributed by atoms with van der Waals surface area (Å²) in [5.74, 6) is -0.337. The Labute approximate surface area is 103 Å². The van der Waals surface area contributed by atoms with Gasteiger partial charge in [0.1, 0.15) is 0 Å². The molecule has 0 aliphatic heterocycles. The first-order valence-corrected chi connectivity index (χ1v) is 5.39. The van der Waals surface area contributed by atoms with Crippen molar-refractivity contribution < 1.29 is 23.1 Å². The van der Waals surface area contributed by atoms with Gasteiger partial charge in [-0.25, -0.2) is 0 Å². The molecule has 3 nitrogen and oxygen atoms in total. The molecule has 0 aliphatic rings. The number of carbonyl (C=O) groups is 1. The van der Waals surface area contributed by atoms with Gasteiger partial charge in [0.15, 0.2) is 0 Å². The molecule has 18 heavy (non-hydrogen) atoms. The molecule has 100 valence electrons. The molecule has 0 heterocycles. The Bertz CT molecular complexity index is 401. The van der Waals surface area contributed by atoms with E-state index in [0.717, 1.165) is 12.1 Å². The molecule has 0 saturated heterocycles. The lowest BCUT2D eigenvalue weighted by Gasteiger charge is -2.11. The van der Waals surface area contributed by atoms with Crippen LogP contribution in [0.25, 0.3) is 0 Å². The molecule has 0 saturated carbocycles. The average Bonchev–Trinajstić information content (AvgIpc) is 2.28. The van der Waals surface area contributed by atoms with Gasteiger partial charge >= 0.3 is 6.18 Å². The number of alkyl halides is 3. The summed E-state index contributed by atoms with van der Waals surface area (Å²) in [7, 11) is 0. The minimum atomic E-state index is -4.37. The summed E-state index contributed by atoms with van der Waals surface area (Å²) in [6.45, 7) is 1.45. The number of benzene rings is 1. The normalized spacial score (nSPS) is 13.2. The van der Waals surface area contributed by atoms with Crippen LogP contribution in [0.15, 0.2) is 24.3 Å². The molecule has 6 heteroatoms. The Kier molecular flexibility index (Phi) is 4.72. The van der Waals surface area contributed by atoms with Crippen molar-refractivity contribution in [3.63, 3.8) is 0 Å². The van der Waals surface area contributed by atoms with E-state index in [0.29, 0.717) is 5.56 Å². The highest BCUT2D eigenvalue weighted by Crippen LogP contribution is 2.29. The second-order valence-corrected chi connectivity index (χ2v) is 4.02. The molecule has 1 amide bonds. The molecule has 1 atom stereocenters. The van der Waals surface area contributed by atoms with Crippen LogP contribution in [0.2, 0.25) is 0 Å². The van der Waals surface area contributed by atoms with Crippen molar-refractivity contribution in [2.45, 2.75) is 25.6 Å². The van der Waals surface area contributed by atoms with Crippen LogP contribution < -0.4 is 5.32 Å². The molecular formula is C12H14F3NO2. The highest BCUT2D eigenvalue weighted by Gasteiger charge is 2.29. The summed E-state index contributed by atoms with van der Waals surface area (Å²) in [5, 5.41) is 11.2. The predicted molar refractivity (Wildman–Crippen MR) is 59.8 cm³/mol. The van der Waals surface area contributed by atoms with Crippen LogP contribution in [-0.2, 0) is 17.4 Å². The van der Waals surface area contributed by atoms with Crippen molar-refractivity contribution in [2.24, 2.45) is 0 Å². The van der Waals surface area contributed by atoms with E-state index in [2.05, 4.69) is 5.32 Å². The second kappa shape index (κ2) is 5.86. The topological polar surface area (TPSA) is 49.3 Å². The zero-order valence-electron chi connectivity index (χ0n) is 9.79. The van der Waals surface area contributed by atoms with Crippen LogP contribution in [-0.4, -0.2) is 23.7 Å². The third-order valence-corrected chi connectivity index (χ3v) is 2.33. The highest BCUT2D eigenvalue weighted by molar-refractivity contribution is 5.78. The van der Waals surface area contributed by atoms with Gasteiger partial charge in [0.2, 0.25) is 5.91 Å². The number of carbonyl (C=O) groups excluding carboxylic acids is 1. The van der Waals surface area contributed by atoms with Crippen LogP contribution in [0, 0.1) is 0 Å². The van der Waals surface area contributed by atoms with E-state index < -0.39 is 11.7 Å². The van der Waals surface area contributed by atoms with Crippen LogP contribution in [0.3, 0.4) is 0 Å². The Balaban J connectivity index is 2.61. The number of halogens is 3. The van der Waals surface area contributed by atoms with Crippen LogP contribution >= 0.6 is 0 Å². The molecule has 0 radical (unpaired) electrons. The summed E-state index contributed by atoms with van der Waals surface area (Å²) in [4.78, 5) is 11.4. The molecule has 0 bridgehead atoms. The summed E-state index contributed by atoms with van der Waals surface area (Å²) < 4.78 is 36.9. The number of hydrogen-bond acceptors (Lipinski definition) is 2. The standard InChI is InChI=1S/C12H14F3NO2/c1-8(7-17)16-11(18)6-9-2-4-10(5-3-9)12(13,14)15/h2-5,8,17H,6-7H2,1H3,(H,16,18). The lowest BCUT2D eigenvalue weighted by Crippen LogP contribution is -2.35. The van der Waals surface area contributed by atoms with Crippen molar-refractivity contribution in [1.82, 2.24) is 5.32 Å². The van der Waals surface area contributed by atoms with Crippen LogP contribution in [0.1, 0.15) is 18.1 Å². The maximum atomic E-state index is 12.3. The fourth-order valence-electron chi connectivity index (χ4n) is 1.37. The molecule has 0 aromatic heterocycles. The van der Waals surface area contributed by atoms with E-state index in [-0.39, 0.29) is 25.0 Å². The van der Waals surface area contributed by atoms with Gasteiger partial charge in [-0.3, -0.25) is 4.79 Å². The van der Waals surface area contributed by atoms with Gasteiger partial charge in [0.25, 0.3) is 0 Å². The van der Waals surface area contributed by atoms with Crippen molar-refractivity contribution in [3.8, 4) is 0 Å². The molecular weight excluding hydrogens is 247 g/mol. The first-order valence-electron chi connectivity index (χ1n) is 5.39. The highest BCUT2D eigenvalue weighted by atomic mass is 19.4. The average molecular weight is 261 g/mol. The van der Waals surface area contributed by atoms with Gasteiger partial charge in [0.05, 0.1) is 18.6 Å². The fraction of sp³-hybridized carbons (Fsp3) is 0.417. The van der Waals surface area contributed by atoms with Gasteiger partial charge < -0.3 is 10.4 Å². The molecule has 0 fully saturated rings. The molecule has 0 aliphatic carbocycles. The first kappa shape index (κ1) is 14.5. The maximum Gasteiger partial charge on any atom is 0.416 e. The Morgan fingerprint density at radius 2 is 1.89 bits per heavy atom. The van der Waals surface area contributed by atoms with Gasteiger partial charge in [-0.05, 0) is 24.6 Å². The smallest absolute Gasteiger partial charge is 0.394 e. The summed E-state index contributed by atoms with van der Waals surface area (Å²) >= 11 is 0. The number of aliphatic hydroxyl groups excluding tert-OH is 1. The zero-order chi connectivity index (χ0) is 13.8. The van der Waals surface area contributed by atoms with Gasteiger partial charge in [-0.15, -0.1) is 0 Å². The fourth-order valence-corrected chi connectivity index (χ4v) is 1.37. The van der Waals surface area contributed by atoms with E-state index >= 15 is 0 Å². The molecule has 1 rings (SSSR count). The molecule has 1 aromatic rings.